The summed E-state index contributed by atoms with van der Waals surface area (Å²) in [6, 6.07) is 14.4. The standard InChI is InChI=1S/C22H18N2O6.Zn/c25-13-7-5-12(6-8-13)19-11-16(21-18(28)9-14(26)10-20(21)30-19)23-24-22(29)15-3-1-2-4-17(15)27;/h1-10,19,25-28H,11H2,(H,24,29);/q;+2/p-2/b23-16+;. The van der Waals surface area contributed by atoms with E-state index in [9.17, 15) is 25.2 Å². The second-order valence-electron chi connectivity index (χ2n) is 6.71. The fraction of sp³-hybridized carbons (Fsp3) is 0.0909. The first-order chi connectivity index (χ1) is 14.4. The summed E-state index contributed by atoms with van der Waals surface area (Å²) >= 11 is 0. The van der Waals surface area contributed by atoms with E-state index in [0.717, 1.165) is 6.07 Å². The number of rotatable bonds is 3. The summed E-state index contributed by atoms with van der Waals surface area (Å²) in [6.45, 7) is 0. The second-order valence-corrected chi connectivity index (χ2v) is 6.71. The van der Waals surface area contributed by atoms with E-state index < -0.39 is 23.5 Å². The summed E-state index contributed by atoms with van der Waals surface area (Å²) in [5.41, 5.74) is 3.33. The number of ether oxygens (including phenoxy) is 1. The molecule has 0 aliphatic carbocycles. The van der Waals surface area contributed by atoms with Gasteiger partial charge < -0.3 is 25.2 Å². The van der Waals surface area contributed by atoms with Gasteiger partial charge in [0.1, 0.15) is 23.4 Å². The molecule has 0 saturated carbocycles. The number of phenolic OH excluding ortho intramolecular Hbond substituents is 2. The fourth-order valence-electron chi connectivity index (χ4n) is 3.24. The van der Waals surface area contributed by atoms with Gasteiger partial charge in [-0.05, 0) is 23.8 Å². The maximum absolute atomic E-state index is 12.4. The number of hydrogen-bond donors (Lipinski definition) is 3. The third kappa shape index (κ3) is 4.62. The molecule has 0 aromatic heterocycles. The topological polar surface area (TPSA) is 137 Å². The van der Waals surface area contributed by atoms with Gasteiger partial charge in [0.15, 0.2) is 0 Å². The zero-order valence-electron chi connectivity index (χ0n) is 16.2. The summed E-state index contributed by atoms with van der Waals surface area (Å²) < 4.78 is 5.88. The number of phenols is 2. The molecule has 1 aliphatic heterocycles. The number of fused-ring (bicyclic) bond motifs is 1. The Balaban J connectivity index is 0.00000272. The van der Waals surface area contributed by atoms with E-state index in [0.29, 0.717) is 5.56 Å². The molecule has 3 aromatic rings. The monoisotopic (exact) mass is 468 g/mol. The molecule has 0 bridgehead atoms. The molecule has 1 heterocycles. The molecule has 1 unspecified atom stereocenters. The first kappa shape index (κ1) is 22.1. The number of para-hydroxylation sites is 1. The van der Waals surface area contributed by atoms with E-state index in [2.05, 4.69) is 10.5 Å². The van der Waals surface area contributed by atoms with Crippen LogP contribution in [0.5, 0.6) is 28.7 Å². The number of nitrogens with one attached hydrogen (secondary N) is 1. The van der Waals surface area contributed by atoms with Crippen LogP contribution in [0.15, 0.2) is 65.8 Å². The Kier molecular flexibility index (Phi) is 6.46. The number of carbonyl (C=O) groups excluding carboxylic acids is 1. The van der Waals surface area contributed by atoms with Gasteiger partial charge in [0.05, 0.1) is 5.71 Å². The van der Waals surface area contributed by atoms with Gasteiger partial charge >= 0.3 is 19.5 Å². The van der Waals surface area contributed by atoms with Crippen LogP contribution in [0.3, 0.4) is 0 Å². The Bertz CT molecular complexity index is 1150. The Labute approximate surface area is 190 Å². The van der Waals surface area contributed by atoms with E-state index in [-0.39, 0.29) is 60.0 Å². The number of carbonyl (C=O) groups is 1. The van der Waals surface area contributed by atoms with Gasteiger partial charge in [0.25, 0.3) is 5.91 Å². The molecule has 0 fully saturated rings. The van der Waals surface area contributed by atoms with Gasteiger partial charge in [-0.3, -0.25) is 4.79 Å². The van der Waals surface area contributed by atoms with Crippen molar-refractivity contribution in [3.63, 3.8) is 0 Å². The molecule has 1 aliphatic rings. The number of aromatic hydroxyl groups is 2. The molecule has 0 saturated heterocycles. The Morgan fingerprint density at radius 1 is 1.00 bits per heavy atom. The zero-order valence-corrected chi connectivity index (χ0v) is 19.2. The van der Waals surface area contributed by atoms with E-state index >= 15 is 0 Å². The van der Waals surface area contributed by atoms with Crippen molar-refractivity contribution < 1.29 is 49.4 Å². The SMILES string of the molecule is O=C(N/N=C1\CC(c2ccc(O)cc2)Oc2cc(O)cc([O-])c21)c1ccccc1[O-].[Zn+2]. The van der Waals surface area contributed by atoms with Crippen LogP contribution in [-0.4, -0.2) is 21.8 Å². The number of amides is 1. The van der Waals surface area contributed by atoms with E-state index in [1.807, 2.05) is 0 Å². The number of hydrogen-bond acceptors (Lipinski definition) is 7. The molecule has 9 heteroatoms. The van der Waals surface area contributed by atoms with Crippen molar-refractivity contribution in [2.45, 2.75) is 12.5 Å². The summed E-state index contributed by atoms with van der Waals surface area (Å²) in [5, 5.41) is 47.7. The van der Waals surface area contributed by atoms with Crippen LogP contribution in [-0.2, 0) is 19.5 Å². The van der Waals surface area contributed by atoms with Crippen LogP contribution < -0.4 is 20.4 Å². The molecule has 3 N–H and O–H groups in total. The minimum atomic E-state index is -0.700. The minimum absolute atomic E-state index is 0. The van der Waals surface area contributed by atoms with Crippen molar-refractivity contribution in [3.05, 3.63) is 77.4 Å². The molecule has 1 atom stereocenters. The van der Waals surface area contributed by atoms with Crippen LogP contribution in [0.2, 0.25) is 0 Å². The quantitative estimate of drug-likeness (QED) is 0.396. The van der Waals surface area contributed by atoms with Crippen molar-refractivity contribution in [3.8, 4) is 28.7 Å². The molecule has 8 nitrogen and oxygen atoms in total. The molecule has 1 amide bonds. The van der Waals surface area contributed by atoms with Gasteiger partial charge in [-0.1, -0.05) is 47.9 Å². The van der Waals surface area contributed by atoms with E-state index in [1.165, 1.54) is 36.4 Å². The van der Waals surface area contributed by atoms with Gasteiger partial charge in [-0.15, -0.1) is 0 Å². The average Bonchev–Trinajstić information content (AvgIpc) is 2.72. The predicted molar refractivity (Wildman–Crippen MR) is 104 cm³/mol. The zero-order chi connectivity index (χ0) is 21.3. The first-order valence-corrected chi connectivity index (χ1v) is 9.05. The molecule has 152 valence electrons. The molecule has 0 spiro atoms. The molecule has 3 aromatic carbocycles. The first-order valence-electron chi connectivity index (χ1n) is 9.05. The third-order valence-corrected chi connectivity index (χ3v) is 4.68. The van der Waals surface area contributed by atoms with Crippen LogP contribution in [0.1, 0.15) is 34.0 Å². The van der Waals surface area contributed by atoms with Gasteiger partial charge in [-0.25, -0.2) is 5.43 Å². The maximum Gasteiger partial charge on any atom is 2.00 e. The van der Waals surface area contributed by atoms with E-state index in [4.69, 9.17) is 4.74 Å². The Morgan fingerprint density at radius 2 is 1.71 bits per heavy atom. The number of hydrazone groups is 1. The number of nitrogens with zero attached hydrogens (tertiary/aromatic N) is 1. The minimum Gasteiger partial charge on any atom is -0.872 e. The summed E-state index contributed by atoms with van der Waals surface area (Å²) in [4.78, 5) is 12.4. The Hall–Kier alpha value is -3.58. The third-order valence-electron chi connectivity index (χ3n) is 4.68. The van der Waals surface area contributed by atoms with Crippen molar-refractivity contribution in [1.82, 2.24) is 5.43 Å². The van der Waals surface area contributed by atoms with Crippen LogP contribution in [0, 0.1) is 0 Å². The summed E-state index contributed by atoms with van der Waals surface area (Å²) in [7, 11) is 0. The smallest absolute Gasteiger partial charge is 0.872 e. The van der Waals surface area contributed by atoms with Gasteiger partial charge in [-0.2, -0.15) is 5.10 Å². The maximum atomic E-state index is 12.4. The predicted octanol–water partition coefficient (Wildman–Crippen LogP) is 1.90. The second kappa shape index (κ2) is 9.06. The van der Waals surface area contributed by atoms with Gasteiger partial charge in [0.2, 0.25) is 0 Å². The molecule has 0 radical (unpaired) electrons. The van der Waals surface area contributed by atoms with Crippen LogP contribution in [0.25, 0.3) is 0 Å². The molecule has 4 rings (SSSR count). The summed E-state index contributed by atoms with van der Waals surface area (Å²) in [6.07, 6.45) is -0.418. The number of benzene rings is 3. The molecular weight excluding hydrogens is 454 g/mol. The molecule has 31 heavy (non-hydrogen) atoms. The normalized spacial score (nSPS) is 16.0. The Morgan fingerprint density at radius 3 is 2.42 bits per heavy atom. The van der Waals surface area contributed by atoms with Crippen molar-refractivity contribution in [2.24, 2.45) is 5.10 Å². The van der Waals surface area contributed by atoms with E-state index in [1.54, 1.807) is 18.2 Å². The van der Waals surface area contributed by atoms with Crippen LogP contribution in [0.4, 0.5) is 0 Å². The average molecular weight is 470 g/mol. The largest absolute Gasteiger partial charge is 2.00 e. The van der Waals surface area contributed by atoms with Crippen LogP contribution >= 0.6 is 0 Å². The van der Waals surface area contributed by atoms with Crippen molar-refractivity contribution in [1.29, 1.82) is 0 Å². The molecular formula is C22H16N2O6Zn. The van der Waals surface area contributed by atoms with Crippen molar-refractivity contribution >= 4 is 11.6 Å². The summed E-state index contributed by atoms with van der Waals surface area (Å²) in [5.74, 6) is -1.69. The fourth-order valence-corrected chi connectivity index (χ4v) is 3.24. The van der Waals surface area contributed by atoms with Crippen molar-refractivity contribution in [2.75, 3.05) is 0 Å². The van der Waals surface area contributed by atoms with Gasteiger partial charge in [0, 0.05) is 23.6 Å².